The molecule has 3 aromatic rings. The van der Waals surface area contributed by atoms with Crippen molar-refractivity contribution in [2.45, 2.75) is 5.92 Å². The number of allylic oxidation sites excluding steroid dienone is 5. The van der Waals surface area contributed by atoms with Crippen LogP contribution in [-0.2, 0) is 0 Å². The van der Waals surface area contributed by atoms with E-state index in [4.69, 9.17) is 0 Å². The first-order chi connectivity index (χ1) is 10.9. The molecular weight excluding hydrogens is 264 g/mol. The summed E-state index contributed by atoms with van der Waals surface area (Å²) in [5.41, 5.74) is 5.87. The summed E-state index contributed by atoms with van der Waals surface area (Å²) in [5.74, 6) is 0.996. The molecule has 0 spiro atoms. The van der Waals surface area contributed by atoms with Gasteiger partial charge in [0.05, 0.1) is 0 Å². The lowest BCUT2D eigenvalue weighted by Crippen LogP contribution is -2.20. The summed E-state index contributed by atoms with van der Waals surface area (Å²) in [6.45, 7) is 0. The molecule has 3 aliphatic rings. The molecule has 0 bridgehead atoms. The van der Waals surface area contributed by atoms with Gasteiger partial charge in [-0.15, -0.1) is 0 Å². The van der Waals surface area contributed by atoms with E-state index >= 15 is 0 Å². The van der Waals surface area contributed by atoms with Gasteiger partial charge in [-0.3, -0.25) is 0 Å². The van der Waals surface area contributed by atoms with Crippen molar-refractivity contribution in [3.8, 4) is 0 Å². The largest absolute Gasteiger partial charge is 0.0767 e. The number of hydrogen-bond acceptors (Lipinski definition) is 0. The summed E-state index contributed by atoms with van der Waals surface area (Å²) >= 11 is 0. The molecule has 6 rings (SSSR count). The smallest absolute Gasteiger partial charge is 0.0205 e. The highest BCUT2D eigenvalue weighted by Gasteiger charge is 2.35. The SMILES string of the molecule is C1=CC2C=Cc3ccc4ccc5cccc6c5c4c3C2C6=C1. The molecule has 0 N–H and O–H groups in total. The molecule has 0 heterocycles. The van der Waals surface area contributed by atoms with Crippen LogP contribution in [0.2, 0.25) is 0 Å². The van der Waals surface area contributed by atoms with Gasteiger partial charge < -0.3 is 0 Å². The van der Waals surface area contributed by atoms with Crippen molar-refractivity contribution in [1.82, 2.24) is 0 Å². The molecule has 0 fully saturated rings. The quantitative estimate of drug-likeness (QED) is 0.464. The van der Waals surface area contributed by atoms with E-state index in [1.807, 2.05) is 0 Å². The highest BCUT2D eigenvalue weighted by atomic mass is 14.4. The molecule has 0 aromatic heterocycles. The predicted molar refractivity (Wildman–Crippen MR) is 93.8 cm³/mol. The summed E-state index contributed by atoms with van der Waals surface area (Å²) in [7, 11) is 0. The summed E-state index contributed by atoms with van der Waals surface area (Å²) < 4.78 is 0. The van der Waals surface area contributed by atoms with E-state index in [1.165, 1.54) is 38.2 Å². The second-order valence-corrected chi connectivity index (χ2v) is 6.56. The molecule has 22 heavy (non-hydrogen) atoms. The minimum Gasteiger partial charge on any atom is -0.0767 e. The first kappa shape index (κ1) is 11.0. The highest BCUT2D eigenvalue weighted by molar-refractivity contribution is 6.18. The van der Waals surface area contributed by atoms with Crippen LogP contribution >= 0.6 is 0 Å². The zero-order chi connectivity index (χ0) is 14.3. The van der Waals surface area contributed by atoms with Crippen LogP contribution in [0, 0.1) is 5.92 Å². The zero-order valence-electron chi connectivity index (χ0n) is 12.1. The molecule has 0 heteroatoms. The lowest BCUT2D eigenvalue weighted by atomic mass is 9.66. The van der Waals surface area contributed by atoms with Crippen LogP contribution in [0.5, 0.6) is 0 Å². The average molecular weight is 278 g/mol. The van der Waals surface area contributed by atoms with Gasteiger partial charge in [0.25, 0.3) is 0 Å². The van der Waals surface area contributed by atoms with Crippen LogP contribution < -0.4 is 0 Å². The molecule has 0 aliphatic heterocycles. The van der Waals surface area contributed by atoms with Crippen molar-refractivity contribution in [3.05, 3.63) is 83.5 Å². The van der Waals surface area contributed by atoms with Crippen molar-refractivity contribution < 1.29 is 0 Å². The molecule has 0 radical (unpaired) electrons. The number of benzene rings is 3. The summed E-state index contributed by atoms with van der Waals surface area (Å²) in [6, 6.07) is 15.9. The third-order valence-electron chi connectivity index (χ3n) is 5.55. The zero-order valence-corrected chi connectivity index (χ0v) is 12.1. The lowest BCUT2D eigenvalue weighted by Gasteiger charge is -2.37. The maximum absolute atomic E-state index is 2.37. The number of hydrogen-bond donors (Lipinski definition) is 0. The topological polar surface area (TPSA) is 0 Å². The Bertz CT molecular complexity index is 1080. The van der Waals surface area contributed by atoms with Crippen molar-refractivity contribution in [1.29, 1.82) is 0 Å². The lowest BCUT2D eigenvalue weighted by molar-refractivity contribution is 0.712. The van der Waals surface area contributed by atoms with Gasteiger partial charge in [0.15, 0.2) is 0 Å². The van der Waals surface area contributed by atoms with Crippen LogP contribution in [0.3, 0.4) is 0 Å². The average Bonchev–Trinajstić information content (AvgIpc) is 2.59. The third-order valence-corrected chi connectivity index (χ3v) is 5.55. The fourth-order valence-corrected chi connectivity index (χ4v) is 4.66. The van der Waals surface area contributed by atoms with E-state index in [1.54, 1.807) is 5.56 Å². The van der Waals surface area contributed by atoms with Crippen molar-refractivity contribution >= 4 is 33.2 Å². The molecule has 0 saturated heterocycles. The molecule has 0 nitrogen and oxygen atoms in total. The molecule has 102 valence electrons. The van der Waals surface area contributed by atoms with Crippen LogP contribution in [0.4, 0.5) is 0 Å². The van der Waals surface area contributed by atoms with E-state index in [2.05, 4.69) is 72.8 Å². The summed E-state index contributed by atoms with van der Waals surface area (Å²) in [5, 5.41) is 5.67. The Kier molecular flexibility index (Phi) is 1.80. The predicted octanol–water partition coefficient (Wildman–Crippen LogP) is 5.69. The van der Waals surface area contributed by atoms with Crippen LogP contribution in [-0.4, -0.2) is 0 Å². The Labute approximate surface area is 129 Å². The maximum Gasteiger partial charge on any atom is 0.0205 e. The highest BCUT2D eigenvalue weighted by Crippen LogP contribution is 2.54. The molecule has 2 unspecified atom stereocenters. The minimum absolute atomic E-state index is 0.495. The number of rotatable bonds is 0. The second kappa shape index (κ2) is 3.59. The Balaban J connectivity index is 1.98. The summed E-state index contributed by atoms with van der Waals surface area (Å²) in [6.07, 6.45) is 11.6. The van der Waals surface area contributed by atoms with E-state index < -0.39 is 0 Å². The van der Waals surface area contributed by atoms with Crippen LogP contribution in [0.25, 0.3) is 33.2 Å². The molecule has 3 aliphatic carbocycles. The normalized spacial score (nSPS) is 23.4. The Morgan fingerprint density at radius 3 is 2.59 bits per heavy atom. The van der Waals surface area contributed by atoms with Gasteiger partial charge in [0.1, 0.15) is 0 Å². The Hall–Kier alpha value is -2.60. The Morgan fingerprint density at radius 2 is 1.64 bits per heavy atom. The molecule has 3 aromatic carbocycles. The van der Waals surface area contributed by atoms with Gasteiger partial charge in [0, 0.05) is 11.8 Å². The van der Waals surface area contributed by atoms with E-state index in [-0.39, 0.29) is 0 Å². The minimum atomic E-state index is 0.495. The molecule has 2 atom stereocenters. The fourth-order valence-electron chi connectivity index (χ4n) is 4.66. The van der Waals surface area contributed by atoms with Crippen LogP contribution in [0.15, 0.2) is 66.8 Å². The monoisotopic (exact) mass is 278 g/mol. The van der Waals surface area contributed by atoms with Crippen molar-refractivity contribution in [2.24, 2.45) is 5.92 Å². The van der Waals surface area contributed by atoms with E-state index in [0.717, 1.165) is 0 Å². The Morgan fingerprint density at radius 1 is 0.773 bits per heavy atom. The standard InChI is InChI=1S/C22H14/c1-3-13-7-9-15-11-12-16-10-8-14-4-2-6-18-17(5-1)19(13)21(15)22(16)20(14)18/h1-13,19H. The van der Waals surface area contributed by atoms with Gasteiger partial charge in [-0.1, -0.05) is 72.8 Å². The molecular formula is C22H14. The van der Waals surface area contributed by atoms with E-state index in [0.29, 0.717) is 11.8 Å². The third kappa shape index (κ3) is 1.13. The van der Waals surface area contributed by atoms with Gasteiger partial charge in [-0.25, -0.2) is 0 Å². The molecule has 0 saturated carbocycles. The van der Waals surface area contributed by atoms with Crippen molar-refractivity contribution in [2.75, 3.05) is 0 Å². The number of fused-ring (bicyclic) bond motifs is 1. The first-order valence-electron chi connectivity index (χ1n) is 7.97. The molecule has 0 amide bonds. The first-order valence-corrected chi connectivity index (χ1v) is 7.97. The van der Waals surface area contributed by atoms with Gasteiger partial charge in [-0.2, -0.15) is 0 Å². The maximum atomic E-state index is 2.37. The van der Waals surface area contributed by atoms with Crippen molar-refractivity contribution in [3.63, 3.8) is 0 Å². The summed E-state index contributed by atoms with van der Waals surface area (Å²) in [4.78, 5) is 0. The van der Waals surface area contributed by atoms with E-state index in [9.17, 15) is 0 Å². The van der Waals surface area contributed by atoms with Gasteiger partial charge in [-0.05, 0) is 43.8 Å². The fraction of sp³-hybridized carbons (Fsp3) is 0.0909. The van der Waals surface area contributed by atoms with Gasteiger partial charge >= 0.3 is 0 Å². The van der Waals surface area contributed by atoms with Crippen LogP contribution in [0.1, 0.15) is 22.6 Å². The second-order valence-electron chi connectivity index (χ2n) is 6.56. The van der Waals surface area contributed by atoms with Gasteiger partial charge in [0.2, 0.25) is 0 Å².